The summed E-state index contributed by atoms with van der Waals surface area (Å²) < 4.78 is 3.01. The summed E-state index contributed by atoms with van der Waals surface area (Å²) in [5, 5.41) is 11.0. The number of hydrogen-bond acceptors (Lipinski definition) is 3. The van der Waals surface area contributed by atoms with Crippen LogP contribution in [0, 0.1) is 0 Å². The van der Waals surface area contributed by atoms with Gasteiger partial charge in [0.15, 0.2) is 11.0 Å². The highest BCUT2D eigenvalue weighted by molar-refractivity contribution is 9.10. The molecule has 0 saturated carbocycles. The zero-order valence-electron chi connectivity index (χ0n) is 14.5. The van der Waals surface area contributed by atoms with Gasteiger partial charge in [-0.25, -0.2) is 0 Å². The molecule has 0 fully saturated rings. The van der Waals surface area contributed by atoms with Gasteiger partial charge in [0.05, 0.1) is 0 Å². The molecular formula is C21H14BrCl2N3S. The van der Waals surface area contributed by atoms with Gasteiger partial charge in [-0.05, 0) is 35.9 Å². The molecule has 4 aromatic rings. The fraction of sp³-hybridized carbons (Fsp3) is 0.0476. The van der Waals surface area contributed by atoms with E-state index in [1.54, 1.807) is 11.8 Å². The van der Waals surface area contributed by atoms with Gasteiger partial charge in [0, 0.05) is 31.5 Å². The van der Waals surface area contributed by atoms with Crippen LogP contribution in [0.3, 0.4) is 0 Å². The molecule has 0 spiro atoms. The quantitative estimate of drug-likeness (QED) is 0.275. The molecule has 0 saturated heterocycles. The average Bonchev–Trinajstić information content (AvgIpc) is 3.12. The van der Waals surface area contributed by atoms with E-state index < -0.39 is 0 Å². The number of halogens is 3. The fourth-order valence-electron chi connectivity index (χ4n) is 2.80. The van der Waals surface area contributed by atoms with Crippen LogP contribution in [-0.4, -0.2) is 14.8 Å². The summed E-state index contributed by atoms with van der Waals surface area (Å²) >= 11 is 17.8. The maximum Gasteiger partial charge on any atom is 0.196 e. The monoisotopic (exact) mass is 489 g/mol. The smallest absolute Gasteiger partial charge is 0.196 e. The molecule has 0 atom stereocenters. The van der Waals surface area contributed by atoms with Crippen LogP contribution in [0.1, 0.15) is 5.56 Å². The highest BCUT2D eigenvalue weighted by Crippen LogP contribution is 2.35. The lowest BCUT2D eigenvalue weighted by molar-refractivity contribution is 0.886. The molecule has 0 aliphatic carbocycles. The van der Waals surface area contributed by atoms with Crippen molar-refractivity contribution in [1.29, 1.82) is 0 Å². The summed E-state index contributed by atoms with van der Waals surface area (Å²) in [6, 6.07) is 23.6. The standard InChI is InChI=1S/C21H14BrCl2N3S/c22-17-10-5-4-9-15(17)20-25-26-21(27(20)14-7-2-1-3-8-14)28-13-16-18(23)11-6-12-19(16)24/h1-12H,13H2. The van der Waals surface area contributed by atoms with Gasteiger partial charge in [-0.2, -0.15) is 0 Å². The summed E-state index contributed by atoms with van der Waals surface area (Å²) in [6.45, 7) is 0. The third-order valence-electron chi connectivity index (χ3n) is 4.17. The topological polar surface area (TPSA) is 30.7 Å². The van der Waals surface area contributed by atoms with Crippen molar-refractivity contribution in [3.63, 3.8) is 0 Å². The molecule has 1 heterocycles. The first-order valence-electron chi connectivity index (χ1n) is 8.46. The molecule has 1 aromatic heterocycles. The zero-order chi connectivity index (χ0) is 19.5. The van der Waals surface area contributed by atoms with Crippen LogP contribution < -0.4 is 0 Å². The molecule has 0 aliphatic rings. The first-order chi connectivity index (χ1) is 13.6. The summed E-state index contributed by atoms with van der Waals surface area (Å²) in [5.74, 6) is 1.37. The zero-order valence-corrected chi connectivity index (χ0v) is 18.4. The van der Waals surface area contributed by atoms with Crippen molar-refractivity contribution in [2.75, 3.05) is 0 Å². The molecular weight excluding hydrogens is 477 g/mol. The van der Waals surface area contributed by atoms with Crippen molar-refractivity contribution in [1.82, 2.24) is 14.8 Å². The van der Waals surface area contributed by atoms with E-state index in [1.807, 2.05) is 72.8 Å². The molecule has 3 nitrogen and oxygen atoms in total. The lowest BCUT2D eigenvalue weighted by atomic mass is 10.2. The minimum absolute atomic E-state index is 0.597. The van der Waals surface area contributed by atoms with E-state index in [4.69, 9.17) is 23.2 Å². The lowest BCUT2D eigenvalue weighted by Gasteiger charge is -2.12. The minimum atomic E-state index is 0.597. The van der Waals surface area contributed by atoms with E-state index >= 15 is 0 Å². The van der Waals surface area contributed by atoms with Crippen molar-refractivity contribution in [2.45, 2.75) is 10.9 Å². The van der Waals surface area contributed by atoms with Crippen LogP contribution in [0.25, 0.3) is 17.1 Å². The molecule has 0 bridgehead atoms. The largest absolute Gasteiger partial charge is 0.270 e. The van der Waals surface area contributed by atoms with Gasteiger partial charge in [-0.3, -0.25) is 4.57 Å². The Labute approximate surface area is 185 Å². The molecule has 28 heavy (non-hydrogen) atoms. The number of para-hydroxylation sites is 1. The Morgan fingerprint density at radius 1 is 0.821 bits per heavy atom. The molecule has 7 heteroatoms. The number of benzene rings is 3. The number of rotatable bonds is 5. The van der Waals surface area contributed by atoms with E-state index in [9.17, 15) is 0 Å². The summed E-state index contributed by atoms with van der Waals surface area (Å²) in [4.78, 5) is 0. The molecule has 0 radical (unpaired) electrons. The van der Waals surface area contributed by atoms with Gasteiger partial charge >= 0.3 is 0 Å². The van der Waals surface area contributed by atoms with Gasteiger partial charge in [0.2, 0.25) is 0 Å². The minimum Gasteiger partial charge on any atom is -0.270 e. The van der Waals surface area contributed by atoms with E-state index in [0.717, 1.165) is 32.3 Å². The van der Waals surface area contributed by atoms with Crippen LogP contribution >= 0.6 is 50.9 Å². The SMILES string of the molecule is Clc1cccc(Cl)c1CSc1nnc(-c2ccccc2Br)n1-c1ccccc1. The second-order valence-electron chi connectivity index (χ2n) is 5.95. The second kappa shape index (κ2) is 8.70. The number of thioether (sulfide) groups is 1. The van der Waals surface area contributed by atoms with E-state index in [0.29, 0.717) is 15.8 Å². The Morgan fingerprint density at radius 3 is 2.21 bits per heavy atom. The van der Waals surface area contributed by atoms with Crippen LogP contribution in [0.5, 0.6) is 0 Å². The number of aromatic nitrogens is 3. The third kappa shape index (κ3) is 3.98. The Hall–Kier alpha value is -1.79. The van der Waals surface area contributed by atoms with E-state index in [-0.39, 0.29) is 0 Å². The summed E-state index contributed by atoms with van der Waals surface area (Å²) in [7, 11) is 0. The van der Waals surface area contributed by atoms with Gasteiger partial charge in [0.25, 0.3) is 0 Å². The summed E-state index contributed by atoms with van der Waals surface area (Å²) in [5.41, 5.74) is 2.85. The van der Waals surface area contributed by atoms with Crippen molar-refractivity contribution >= 4 is 50.9 Å². The Bertz CT molecular complexity index is 1100. The lowest BCUT2D eigenvalue weighted by Crippen LogP contribution is -2.00. The van der Waals surface area contributed by atoms with Crippen LogP contribution in [-0.2, 0) is 5.75 Å². The predicted molar refractivity (Wildman–Crippen MR) is 121 cm³/mol. The van der Waals surface area contributed by atoms with Gasteiger partial charge < -0.3 is 0 Å². The Balaban J connectivity index is 1.77. The van der Waals surface area contributed by atoms with Gasteiger partial charge in [0.1, 0.15) is 0 Å². The molecule has 3 aromatic carbocycles. The first kappa shape index (κ1) is 19.5. The molecule has 140 valence electrons. The highest BCUT2D eigenvalue weighted by atomic mass is 79.9. The van der Waals surface area contributed by atoms with E-state index in [2.05, 4.69) is 30.7 Å². The van der Waals surface area contributed by atoms with E-state index in [1.165, 1.54) is 0 Å². The summed E-state index contributed by atoms with van der Waals surface area (Å²) in [6.07, 6.45) is 0. The second-order valence-corrected chi connectivity index (χ2v) is 8.56. The molecule has 0 N–H and O–H groups in total. The highest BCUT2D eigenvalue weighted by Gasteiger charge is 2.18. The maximum absolute atomic E-state index is 6.33. The van der Waals surface area contributed by atoms with Crippen molar-refractivity contribution in [3.8, 4) is 17.1 Å². The van der Waals surface area contributed by atoms with Crippen LogP contribution in [0.15, 0.2) is 82.4 Å². The average molecular weight is 491 g/mol. The van der Waals surface area contributed by atoms with Gasteiger partial charge in [-0.15, -0.1) is 10.2 Å². The first-order valence-corrected chi connectivity index (χ1v) is 11.0. The van der Waals surface area contributed by atoms with Crippen molar-refractivity contribution in [2.24, 2.45) is 0 Å². The predicted octanol–water partition coefficient (Wildman–Crippen LogP) is 7.30. The van der Waals surface area contributed by atoms with Crippen molar-refractivity contribution in [3.05, 3.63) is 92.9 Å². The Kier molecular flexibility index (Phi) is 6.07. The molecule has 0 amide bonds. The number of nitrogens with zero attached hydrogens (tertiary/aromatic N) is 3. The maximum atomic E-state index is 6.33. The molecule has 4 rings (SSSR count). The number of hydrogen-bond donors (Lipinski definition) is 0. The van der Waals surface area contributed by atoms with Gasteiger partial charge in [-0.1, -0.05) is 93.4 Å². The molecule has 0 aliphatic heterocycles. The van der Waals surface area contributed by atoms with Crippen LogP contribution in [0.2, 0.25) is 10.0 Å². The third-order valence-corrected chi connectivity index (χ3v) is 6.52. The van der Waals surface area contributed by atoms with Crippen molar-refractivity contribution < 1.29 is 0 Å². The molecule has 0 unspecified atom stereocenters. The van der Waals surface area contributed by atoms with Crippen LogP contribution in [0.4, 0.5) is 0 Å². The normalized spacial score (nSPS) is 11.0. The fourth-order valence-corrected chi connectivity index (χ4v) is 4.95. The Morgan fingerprint density at radius 2 is 1.50 bits per heavy atom.